The average molecular weight is 404 g/mol. The summed E-state index contributed by atoms with van der Waals surface area (Å²) in [5.74, 6) is -2.64. The van der Waals surface area contributed by atoms with Crippen LogP contribution in [-0.4, -0.2) is 34.6 Å². The lowest BCUT2D eigenvalue weighted by Crippen LogP contribution is -2.47. The third kappa shape index (κ3) is 7.73. The summed E-state index contributed by atoms with van der Waals surface area (Å²) in [5.41, 5.74) is 7.43. The van der Waals surface area contributed by atoms with Gasteiger partial charge in [-0.05, 0) is 36.4 Å². The number of hydrogen-bond donors (Lipinski definition) is 4. The summed E-state index contributed by atoms with van der Waals surface area (Å²) in [4.78, 5) is 32.1. The second-order valence-electron chi connectivity index (χ2n) is 6.19. The van der Waals surface area contributed by atoms with Crippen molar-refractivity contribution in [1.82, 2.24) is 5.32 Å². The lowest BCUT2D eigenvalue weighted by Gasteiger charge is -2.31. The molecule has 2 aromatic rings. The van der Waals surface area contributed by atoms with E-state index in [0.29, 0.717) is 12.2 Å². The number of nitrogens with two attached hydrogens (primary N) is 1. The van der Waals surface area contributed by atoms with Crippen molar-refractivity contribution in [2.45, 2.75) is 25.8 Å². The Morgan fingerprint density at radius 2 is 1.68 bits per heavy atom. The minimum atomic E-state index is -1.26. The van der Waals surface area contributed by atoms with E-state index in [0.717, 1.165) is 6.42 Å². The number of amides is 1. The Balaban J connectivity index is 0.000000416. The van der Waals surface area contributed by atoms with Crippen LogP contribution >= 0.6 is 11.3 Å². The van der Waals surface area contributed by atoms with E-state index in [1.807, 2.05) is 18.2 Å². The third-order valence-electron chi connectivity index (χ3n) is 3.73. The van der Waals surface area contributed by atoms with Crippen molar-refractivity contribution in [1.29, 1.82) is 0 Å². The van der Waals surface area contributed by atoms with Crippen LogP contribution in [0.15, 0.2) is 53.9 Å². The van der Waals surface area contributed by atoms with Crippen LogP contribution in [0.5, 0.6) is 0 Å². The van der Waals surface area contributed by atoms with Crippen molar-refractivity contribution < 1.29 is 24.6 Å². The van der Waals surface area contributed by atoms with Crippen molar-refractivity contribution in [2.24, 2.45) is 5.73 Å². The van der Waals surface area contributed by atoms with E-state index < -0.39 is 17.5 Å². The minimum absolute atomic E-state index is 0.00873. The van der Waals surface area contributed by atoms with Gasteiger partial charge in [0.1, 0.15) is 0 Å². The molecular formula is C20H24N2O5S. The van der Waals surface area contributed by atoms with Gasteiger partial charge < -0.3 is 21.3 Å². The molecule has 1 unspecified atom stereocenters. The number of aliphatic carboxylic acids is 2. The molecule has 0 spiro atoms. The molecule has 1 heterocycles. The Labute approximate surface area is 167 Å². The van der Waals surface area contributed by atoms with E-state index in [4.69, 9.17) is 15.9 Å². The minimum Gasteiger partial charge on any atom is -0.478 e. The topological polar surface area (TPSA) is 130 Å². The fourth-order valence-electron chi connectivity index (χ4n) is 2.62. The van der Waals surface area contributed by atoms with Gasteiger partial charge in [0.2, 0.25) is 5.91 Å². The summed E-state index contributed by atoms with van der Waals surface area (Å²) < 4.78 is 0. The number of carboxylic acid groups (broad SMARTS) is 2. The van der Waals surface area contributed by atoms with E-state index >= 15 is 0 Å². The number of hydrogen-bond acceptors (Lipinski definition) is 5. The van der Waals surface area contributed by atoms with Gasteiger partial charge in [-0.2, -0.15) is 0 Å². The molecule has 0 bridgehead atoms. The van der Waals surface area contributed by atoms with Gasteiger partial charge in [-0.1, -0.05) is 30.3 Å². The number of carbonyl (C=O) groups is 3. The van der Waals surface area contributed by atoms with Crippen LogP contribution in [0.25, 0.3) is 0 Å². The normalized spacial score (nSPS) is 12.5. The number of rotatable bonds is 7. The summed E-state index contributed by atoms with van der Waals surface area (Å²) in [6.07, 6.45) is 1.87. The van der Waals surface area contributed by atoms with Crippen molar-refractivity contribution >= 4 is 29.2 Å². The number of carboxylic acids is 2. The maximum atomic E-state index is 11.8. The van der Waals surface area contributed by atoms with Gasteiger partial charge in [0, 0.05) is 23.5 Å². The standard InChI is InChI=1S/C16H20N2OS.C4H4O4/c1-12-8-9-20-15(12)16(2,18-14(19)11-17)10-13-6-4-3-5-7-13;5-3(6)1-2-4(7)8/h3-9H,10-11,17H2,1-2H3,(H,18,19);1-2H,(H,5,6)(H,7,8)/b;2-1+. The number of benzene rings is 1. The first kappa shape index (κ1) is 23.1. The van der Waals surface area contributed by atoms with Crippen LogP contribution in [0.2, 0.25) is 0 Å². The van der Waals surface area contributed by atoms with Crippen LogP contribution in [0, 0.1) is 6.92 Å². The van der Waals surface area contributed by atoms with Gasteiger partial charge in [0.15, 0.2) is 0 Å². The van der Waals surface area contributed by atoms with Crippen molar-refractivity contribution in [2.75, 3.05) is 6.54 Å². The molecule has 1 atom stereocenters. The molecule has 2 rings (SSSR count). The Hall–Kier alpha value is -2.97. The summed E-state index contributed by atoms with van der Waals surface area (Å²) in [5, 5.41) is 20.8. The molecule has 1 aromatic carbocycles. The van der Waals surface area contributed by atoms with Crippen LogP contribution in [0.1, 0.15) is 22.9 Å². The zero-order valence-electron chi connectivity index (χ0n) is 15.7. The fraction of sp³-hybridized carbons (Fsp3) is 0.250. The number of nitrogens with one attached hydrogen (secondary N) is 1. The summed E-state index contributed by atoms with van der Waals surface area (Å²) in [6.45, 7) is 4.14. The molecule has 0 aliphatic heterocycles. The highest BCUT2D eigenvalue weighted by Gasteiger charge is 2.31. The highest BCUT2D eigenvalue weighted by molar-refractivity contribution is 7.10. The summed E-state index contributed by atoms with van der Waals surface area (Å²) in [7, 11) is 0. The van der Waals surface area contributed by atoms with Gasteiger partial charge in [-0.3, -0.25) is 4.79 Å². The molecule has 1 aromatic heterocycles. The highest BCUT2D eigenvalue weighted by atomic mass is 32.1. The molecule has 28 heavy (non-hydrogen) atoms. The maximum absolute atomic E-state index is 11.8. The molecule has 0 aliphatic rings. The predicted molar refractivity (Wildman–Crippen MR) is 108 cm³/mol. The van der Waals surface area contributed by atoms with Crippen LogP contribution < -0.4 is 11.1 Å². The molecule has 0 aliphatic carbocycles. The summed E-state index contributed by atoms with van der Waals surface area (Å²) >= 11 is 1.67. The molecule has 7 nitrogen and oxygen atoms in total. The SMILES string of the molecule is Cc1ccsc1C(C)(Cc1ccccc1)NC(=O)CN.O=C(O)/C=C/C(=O)O. The van der Waals surface area contributed by atoms with Gasteiger partial charge >= 0.3 is 11.9 Å². The lowest BCUT2D eigenvalue weighted by molar-refractivity contribution is -0.134. The monoisotopic (exact) mass is 404 g/mol. The molecule has 8 heteroatoms. The number of carbonyl (C=O) groups excluding carboxylic acids is 1. The van der Waals surface area contributed by atoms with E-state index in [-0.39, 0.29) is 12.5 Å². The van der Waals surface area contributed by atoms with Crippen LogP contribution in [0.3, 0.4) is 0 Å². The van der Waals surface area contributed by atoms with E-state index in [9.17, 15) is 14.4 Å². The van der Waals surface area contributed by atoms with Crippen molar-refractivity contribution in [3.8, 4) is 0 Å². The molecule has 0 radical (unpaired) electrons. The van der Waals surface area contributed by atoms with Crippen molar-refractivity contribution in [3.63, 3.8) is 0 Å². The first-order valence-electron chi connectivity index (χ1n) is 8.41. The van der Waals surface area contributed by atoms with E-state index in [1.54, 1.807) is 11.3 Å². The van der Waals surface area contributed by atoms with E-state index in [1.165, 1.54) is 16.0 Å². The zero-order chi connectivity index (χ0) is 21.2. The van der Waals surface area contributed by atoms with E-state index in [2.05, 4.69) is 42.7 Å². The molecule has 0 saturated heterocycles. The molecule has 0 saturated carbocycles. The maximum Gasteiger partial charge on any atom is 0.328 e. The second kappa shape index (κ2) is 11.0. The van der Waals surface area contributed by atoms with Crippen LogP contribution in [0.4, 0.5) is 0 Å². The molecular weight excluding hydrogens is 380 g/mol. The first-order valence-corrected chi connectivity index (χ1v) is 9.29. The quantitative estimate of drug-likeness (QED) is 0.524. The van der Waals surface area contributed by atoms with Gasteiger partial charge in [-0.25, -0.2) is 9.59 Å². The largest absolute Gasteiger partial charge is 0.478 e. The van der Waals surface area contributed by atoms with Gasteiger partial charge in [0.05, 0.1) is 12.1 Å². The molecule has 1 amide bonds. The predicted octanol–water partition coefficient (Wildman–Crippen LogP) is 2.30. The summed E-state index contributed by atoms with van der Waals surface area (Å²) in [6, 6.07) is 12.3. The average Bonchev–Trinajstić information content (AvgIpc) is 3.08. The Bertz CT molecular complexity index is 816. The highest BCUT2D eigenvalue weighted by Crippen LogP contribution is 2.32. The smallest absolute Gasteiger partial charge is 0.328 e. The molecule has 5 N–H and O–H groups in total. The van der Waals surface area contributed by atoms with Crippen molar-refractivity contribution in [3.05, 3.63) is 69.9 Å². The fourth-order valence-corrected chi connectivity index (χ4v) is 3.67. The Kier molecular flexibility index (Phi) is 9.07. The number of thiophene rings is 1. The molecule has 150 valence electrons. The number of aryl methyl sites for hydroxylation is 1. The Morgan fingerprint density at radius 1 is 1.11 bits per heavy atom. The second-order valence-corrected chi connectivity index (χ2v) is 7.11. The first-order chi connectivity index (χ1) is 13.2. The van der Waals surface area contributed by atoms with Crippen LogP contribution in [-0.2, 0) is 26.3 Å². The van der Waals surface area contributed by atoms with Gasteiger partial charge in [-0.15, -0.1) is 11.3 Å². The zero-order valence-corrected chi connectivity index (χ0v) is 16.5. The molecule has 0 fully saturated rings. The lowest BCUT2D eigenvalue weighted by atomic mass is 9.89. The Morgan fingerprint density at radius 3 is 2.11 bits per heavy atom. The van der Waals surface area contributed by atoms with Gasteiger partial charge in [0.25, 0.3) is 0 Å². The third-order valence-corrected chi connectivity index (χ3v) is 5.01.